The van der Waals surface area contributed by atoms with Crippen molar-refractivity contribution in [1.29, 1.82) is 0 Å². The molecule has 0 radical (unpaired) electrons. The summed E-state index contributed by atoms with van der Waals surface area (Å²) in [7, 11) is 0. The molecule has 0 aliphatic rings. The Hall–Kier alpha value is -2.42. The Morgan fingerprint density at radius 3 is 1.12 bits per heavy atom. The minimum atomic E-state index is 1.26. The van der Waals surface area contributed by atoms with Crippen molar-refractivity contribution in [2.24, 2.45) is 0 Å². The van der Waals surface area contributed by atoms with Gasteiger partial charge in [-0.1, -0.05) is 96.3 Å². The molecule has 0 spiro atoms. The minimum absolute atomic E-state index is 1.26. The SMILES string of the molecule is c1ccc(Sc2ccccc2-c2ccccc2Sc2ccccc2)cc1. The molecule has 0 fully saturated rings. The van der Waals surface area contributed by atoms with E-state index in [-0.39, 0.29) is 0 Å². The molecule has 4 aromatic rings. The zero-order chi connectivity index (χ0) is 17.6. The van der Waals surface area contributed by atoms with E-state index in [4.69, 9.17) is 0 Å². The van der Waals surface area contributed by atoms with Crippen LogP contribution in [0.3, 0.4) is 0 Å². The molecule has 0 aliphatic heterocycles. The van der Waals surface area contributed by atoms with Gasteiger partial charge in [0.05, 0.1) is 0 Å². The maximum Gasteiger partial charge on any atom is 0.0201 e. The molecule has 2 heteroatoms. The summed E-state index contributed by atoms with van der Waals surface area (Å²) in [4.78, 5) is 5.07. The highest BCUT2D eigenvalue weighted by atomic mass is 32.2. The van der Waals surface area contributed by atoms with E-state index >= 15 is 0 Å². The molecule has 0 saturated carbocycles. The Balaban J connectivity index is 1.72. The fourth-order valence-corrected chi connectivity index (χ4v) is 4.75. The van der Waals surface area contributed by atoms with Crippen molar-refractivity contribution in [3.63, 3.8) is 0 Å². The van der Waals surface area contributed by atoms with E-state index in [0.29, 0.717) is 0 Å². The van der Waals surface area contributed by atoms with Gasteiger partial charge in [0.25, 0.3) is 0 Å². The van der Waals surface area contributed by atoms with Gasteiger partial charge >= 0.3 is 0 Å². The summed E-state index contributed by atoms with van der Waals surface area (Å²) in [6.45, 7) is 0. The monoisotopic (exact) mass is 370 g/mol. The average Bonchev–Trinajstić information content (AvgIpc) is 2.71. The van der Waals surface area contributed by atoms with Crippen molar-refractivity contribution in [2.45, 2.75) is 19.6 Å². The summed E-state index contributed by atoms with van der Waals surface area (Å²) in [5, 5.41) is 0. The quantitative estimate of drug-likeness (QED) is 0.354. The van der Waals surface area contributed by atoms with Gasteiger partial charge in [-0.3, -0.25) is 0 Å². The van der Waals surface area contributed by atoms with Gasteiger partial charge in [0, 0.05) is 19.6 Å². The van der Waals surface area contributed by atoms with E-state index in [1.54, 1.807) is 0 Å². The fraction of sp³-hybridized carbons (Fsp3) is 0. The minimum Gasteiger partial charge on any atom is -0.0895 e. The van der Waals surface area contributed by atoms with Gasteiger partial charge in [0.2, 0.25) is 0 Å². The van der Waals surface area contributed by atoms with Crippen LogP contribution in [0, 0.1) is 0 Å². The molecule has 0 unspecified atom stereocenters. The second kappa shape index (κ2) is 8.31. The largest absolute Gasteiger partial charge is 0.0895 e. The van der Waals surface area contributed by atoms with E-state index in [2.05, 4.69) is 109 Å². The van der Waals surface area contributed by atoms with Crippen molar-refractivity contribution in [1.82, 2.24) is 0 Å². The molecular weight excluding hydrogens is 352 g/mol. The van der Waals surface area contributed by atoms with Gasteiger partial charge in [-0.2, -0.15) is 0 Å². The van der Waals surface area contributed by atoms with Crippen molar-refractivity contribution in [2.75, 3.05) is 0 Å². The second-order valence-electron chi connectivity index (χ2n) is 5.82. The predicted molar refractivity (Wildman–Crippen MR) is 113 cm³/mol. The van der Waals surface area contributed by atoms with Gasteiger partial charge in [0.15, 0.2) is 0 Å². The lowest BCUT2D eigenvalue weighted by Gasteiger charge is -2.13. The van der Waals surface area contributed by atoms with E-state index in [1.165, 1.54) is 30.7 Å². The van der Waals surface area contributed by atoms with Crippen LogP contribution in [0.1, 0.15) is 0 Å². The Morgan fingerprint density at radius 1 is 0.346 bits per heavy atom. The standard InChI is InChI=1S/C24H18S2/c1-3-11-19(12-4-1)25-23-17-9-7-15-21(23)22-16-8-10-18-24(22)26-20-13-5-2-6-14-20/h1-18H. The zero-order valence-electron chi connectivity index (χ0n) is 14.2. The first-order chi connectivity index (χ1) is 12.9. The van der Waals surface area contributed by atoms with Crippen LogP contribution in [0.25, 0.3) is 11.1 Å². The Labute approximate surface area is 163 Å². The molecule has 0 bridgehead atoms. The van der Waals surface area contributed by atoms with Crippen molar-refractivity contribution < 1.29 is 0 Å². The summed E-state index contributed by atoms with van der Waals surface area (Å²) < 4.78 is 0. The highest BCUT2D eigenvalue weighted by molar-refractivity contribution is 8.00. The summed E-state index contributed by atoms with van der Waals surface area (Å²) in [6.07, 6.45) is 0. The molecule has 4 aromatic carbocycles. The number of rotatable bonds is 5. The first kappa shape index (κ1) is 17.0. The zero-order valence-corrected chi connectivity index (χ0v) is 15.8. The molecule has 0 aliphatic carbocycles. The highest BCUT2D eigenvalue weighted by Gasteiger charge is 2.11. The molecular formula is C24H18S2. The van der Waals surface area contributed by atoms with Gasteiger partial charge in [0.1, 0.15) is 0 Å². The second-order valence-corrected chi connectivity index (χ2v) is 8.05. The number of hydrogen-bond acceptors (Lipinski definition) is 2. The van der Waals surface area contributed by atoms with Gasteiger partial charge in [-0.15, -0.1) is 0 Å². The molecule has 126 valence electrons. The third kappa shape index (κ3) is 4.04. The molecule has 0 saturated heterocycles. The predicted octanol–water partition coefficient (Wildman–Crippen LogP) is 7.66. The Bertz CT molecular complexity index is 896. The van der Waals surface area contributed by atoms with E-state index in [0.717, 1.165) is 0 Å². The Morgan fingerprint density at radius 2 is 0.692 bits per heavy atom. The summed E-state index contributed by atoms with van der Waals surface area (Å²) in [6, 6.07) is 38.4. The maximum absolute atomic E-state index is 2.22. The summed E-state index contributed by atoms with van der Waals surface area (Å²) in [5.74, 6) is 0. The van der Waals surface area contributed by atoms with Crippen molar-refractivity contribution >= 4 is 23.5 Å². The van der Waals surface area contributed by atoms with Crippen LogP contribution in [0.5, 0.6) is 0 Å². The lowest BCUT2D eigenvalue weighted by atomic mass is 10.1. The summed E-state index contributed by atoms with van der Waals surface area (Å²) >= 11 is 3.63. The van der Waals surface area contributed by atoms with Crippen LogP contribution in [0.4, 0.5) is 0 Å². The molecule has 26 heavy (non-hydrogen) atoms. The molecule has 0 N–H and O–H groups in total. The van der Waals surface area contributed by atoms with Crippen LogP contribution in [-0.2, 0) is 0 Å². The van der Waals surface area contributed by atoms with Crippen LogP contribution >= 0.6 is 23.5 Å². The van der Waals surface area contributed by atoms with Crippen LogP contribution in [0.2, 0.25) is 0 Å². The fourth-order valence-electron chi connectivity index (χ4n) is 2.79. The van der Waals surface area contributed by atoms with Gasteiger partial charge < -0.3 is 0 Å². The maximum atomic E-state index is 2.22. The molecule has 0 aromatic heterocycles. The van der Waals surface area contributed by atoms with E-state index < -0.39 is 0 Å². The molecule has 4 rings (SSSR count). The van der Waals surface area contributed by atoms with Crippen LogP contribution in [-0.4, -0.2) is 0 Å². The van der Waals surface area contributed by atoms with E-state index in [9.17, 15) is 0 Å². The molecule has 0 nitrogen and oxygen atoms in total. The molecule has 0 atom stereocenters. The number of hydrogen-bond donors (Lipinski definition) is 0. The van der Waals surface area contributed by atoms with Crippen LogP contribution < -0.4 is 0 Å². The Kier molecular flexibility index (Phi) is 5.44. The first-order valence-corrected chi connectivity index (χ1v) is 10.2. The van der Waals surface area contributed by atoms with E-state index in [1.807, 2.05) is 23.5 Å². The molecule has 0 heterocycles. The normalized spacial score (nSPS) is 10.6. The number of benzene rings is 4. The summed E-state index contributed by atoms with van der Waals surface area (Å²) in [5.41, 5.74) is 2.56. The molecule has 0 amide bonds. The third-order valence-electron chi connectivity index (χ3n) is 4.01. The highest BCUT2D eigenvalue weighted by Crippen LogP contribution is 2.41. The lowest BCUT2D eigenvalue weighted by molar-refractivity contribution is 1.35. The van der Waals surface area contributed by atoms with Gasteiger partial charge in [-0.05, 0) is 47.5 Å². The van der Waals surface area contributed by atoms with Crippen LogP contribution in [0.15, 0.2) is 129 Å². The average molecular weight is 371 g/mol. The smallest absolute Gasteiger partial charge is 0.0201 e. The lowest BCUT2D eigenvalue weighted by Crippen LogP contribution is -1.86. The van der Waals surface area contributed by atoms with Gasteiger partial charge in [-0.25, -0.2) is 0 Å². The first-order valence-electron chi connectivity index (χ1n) is 8.54. The topological polar surface area (TPSA) is 0 Å². The third-order valence-corrected chi connectivity index (χ3v) is 6.17. The van der Waals surface area contributed by atoms with Crippen molar-refractivity contribution in [3.8, 4) is 11.1 Å². The van der Waals surface area contributed by atoms with Crippen molar-refractivity contribution in [3.05, 3.63) is 109 Å².